The number of aliphatic hydroxyl groups excluding tert-OH is 1. The van der Waals surface area contributed by atoms with Gasteiger partial charge in [-0.2, -0.15) is 4.98 Å². The molecule has 0 unspecified atom stereocenters. The molecule has 0 bridgehead atoms. The van der Waals surface area contributed by atoms with E-state index in [0.29, 0.717) is 23.3 Å². The molecule has 3 rings (SSSR count). The first kappa shape index (κ1) is 16.7. The number of aromatic nitrogens is 5. The molecule has 0 radical (unpaired) electrons. The number of hydrogen-bond acceptors (Lipinski definition) is 7. The van der Waals surface area contributed by atoms with Crippen molar-refractivity contribution in [2.45, 2.75) is 44.3 Å². The Bertz CT molecular complexity index is 797. The highest BCUT2D eigenvalue weighted by Crippen LogP contribution is 2.23. The maximum atomic E-state index is 9.32. The fraction of sp³-hybridized carbons (Fsp3) is 0.375. The number of nitrogens with zero attached hydrogens (tertiary/aromatic N) is 5. The molecule has 0 aliphatic carbocycles. The molecular formula is C16H19N5O2S. The topological polar surface area (TPSA) is 89.9 Å². The molecule has 1 N–H and O–H groups in total. The Morgan fingerprint density at radius 2 is 2.00 bits per heavy atom. The van der Waals surface area contributed by atoms with E-state index in [9.17, 15) is 5.11 Å². The summed E-state index contributed by atoms with van der Waals surface area (Å²) in [5.74, 6) is 2.20. The van der Waals surface area contributed by atoms with Crippen molar-refractivity contribution in [2.24, 2.45) is 0 Å². The standard InChI is InChI=1S/C16H19N5O2S/c1-3-8-21-13(9-22)18-19-16(21)24-10-14-17-15(20-23-14)12-6-4-11(2)5-7-12/h4-7,22H,3,8-10H2,1-2H3. The van der Waals surface area contributed by atoms with E-state index in [2.05, 4.69) is 27.3 Å². The Kier molecular flexibility index (Phi) is 5.27. The summed E-state index contributed by atoms with van der Waals surface area (Å²) in [5, 5.41) is 22.2. The van der Waals surface area contributed by atoms with Gasteiger partial charge in [-0.15, -0.1) is 10.2 Å². The molecule has 0 amide bonds. The van der Waals surface area contributed by atoms with E-state index in [4.69, 9.17) is 4.52 Å². The zero-order valence-electron chi connectivity index (χ0n) is 13.6. The third-order valence-electron chi connectivity index (χ3n) is 3.48. The van der Waals surface area contributed by atoms with Crippen LogP contribution in [0.25, 0.3) is 11.4 Å². The summed E-state index contributed by atoms with van der Waals surface area (Å²) in [6, 6.07) is 7.98. The van der Waals surface area contributed by atoms with Gasteiger partial charge in [-0.25, -0.2) is 0 Å². The van der Waals surface area contributed by atoms with Gasteiger partial charge in [-0.3, -0.25) is 0 Å². The van der Waals surface area contributed by atoms with Crippen LogP contribution in [0.5, 0.6) is 0 Å². The van der Waals surface area contributed by atoms with Crippen LogP contribution >= 0.6 is 11.8 Å². The van der Waals surface area contributed by atoms with Gasteiger partial charge in [-0.05, 0) is 13.3 Å². The van der Waals surface area contributed by atoms with Crippen LogP contribution in [0, 0.1) is 6.92 Å². The molecular weight excluding hydrogens is 326 g/mol. The quantitative estimate of drug-likeness (QED) is 0.658. The van der Waals surface area contributed by atoms with Gasteiger partial charge in [0.25, 0.3) is 0 Å². The second-order valence-corrected chi connectivity index (χ2v) is 6.32. The number of aliphatic hydroxyl groups is 1. The average molecular weight is 345 g/mol. The molecule has 2 aromatic heterocycles. The lowest BCUT2D eigenvalue weighted by Gasteiger charge is -2.05. The van der Waals surface area contributed by atoms with Crippen LogP contribution in [-0.2, 0) is 18.9 Å². The fourth-order valence-corrected chi connectivity index (χ4v) is 3.07. The number of benzene rings is 1. The Labute approximate surface area is 144 Å². The minimum absolute atomic E-state index is 0.119. The van der Waals surface area contributed by atoms with Crippen LogP contribution < -0.4 is 0 Å². The largest absolute Gasteiger partial charge is 0.388 e. The summed E-state index contributed by atoms with van der Waals surface area (Å²) in [6.07, 6.45) is 0.941. The van der Waals surface area contributed by atoms with Crippen molar-refractivity contribution >= 4 is 11.8 Å². The monoisotopic (exact) mass is 345 g/mol. The lowest BCUT2D eigenvalue weighted by molar-refractivity contribution is 0.263. The van der Waals surface area contributed by atoms with E-state index < -0.39 is 0 Å². The van der Waals surface area contributed by atoms with E-state index in [1.54, 1.807) is 0 Å². The highest BCUT2D eigenvalue weighted by atomic mass is 32.2. The summed E-state index contributed by atoms with van der Waals surface area (Å²) in [5.41, 5.74) is 2.12. The first-order valence-electron chi connectivity index (χ1n) is 7.76. The van der Waals surface area contributed by atoms with Crippen LogP contribution in [0.2, 0.25) is 0 Å². The lowest BCUT2D eigenvalue weighted by Crippen LogP contribution is -2.04. The molecule has 8 heteroatoms. The van der Waals surface area contributed by atoms with Crippen molar-refractivity contribution < 1.29 is 9.63 Å². The molecule has 24 heavy (non-hydrogen) atoms. The maximum absolute atomic E-state index is 9.32. The van der Waals surface area contributed by atoms with E-state index in [-0.39, 0.29) is 6.61 Å². The fourth-order valence-electron chi connectivity index (χ4n) is 2.25. The molecule has 3 aromatic rings. The summed E-state index contributed by atoms with van der Waals surface area (Å²) in [4.78, 5) is 4.42. The summed E-state index contributed by atoms with van der Waals surface area (Å²) in [7, 11) is 0. The van der Waals surface area contributed by atoms with E-state index in [1.807, 2.05) is 35.8 Å². The number of thioether (sulfide) groups is 1. The Morgan fingerprint density at radius 1 is 1.21 bits per heavy atom. The molecule has 0 aliphatic rings. The van der Waals surface area contributed by atoms with Gasteiger partial charge in [0, 0.05) is 12.1 Å². The Balaban J connectivity index is 1.70. The minimum atomic E-state index is -0.119. The molecule has 2 heterocycles. The van der Waals surface area contributed by atoms with Crippen molar-refractivity contribution in [3.05, 3.63) is 41.5 Å². The predicted molar refractivity (Wildman–Crippen MR) is 90.3 cm³/mol. The Morgan fingerprint density at radius 3 is 2.71 bits per heavy atom. The van der Waals surface area contributed by atoms with Gasteiger partial charge in [0.2, 0.25) is 11.7 Å². The van der Waals surface area contributed by atoms with E-state index in [1.165, 1.54) is 17.3 Å². The van der Waals surface area contributed by atoms with Gasteiger partial charge in [0.15, 0.2) is 11.0 Å². The zero-order valence-corrected chi connectivity index (χ0v) is 14.5. The van der Waals surface area contributed by atoms with Crippen molar-refractivity contribution in [1.82, 2.24) is 24.9 Å². The lowest BCUT2D eigenvalue weighted by atomic mass is 10.1. The zero-order chi connectivity index (χ0) is 16.9. The van der Waals surface area contributed by atoms with Crippen molar-refractivity contribution in [3.8, 4) is 11.4 Å². The van der Waals surface area contributed by atoms with Gasteiger partial charge >= 0.3 is 0 Å². The summed E-state index contributed by atoms with van der Waals surface area (Å²) < 4.78 is 7.23. The van der Waals surface area contributed by atoms with Gasteiger partial charge < -0.3 is 14.2 Å². The third kappa shape index (κ3) is 3.65. The molecule has 0 saturated heterocycles. The van der Waals surface area contributed by atoms with Gasteiger partial charge in [-0.1, -0.05) is 53.7 Å². The molecule has 126 valence electrons. The molecule has 0 atom stereocenters. The SMILES string of the molecule is CCCn1c(CO)nnc1SCc1nc(-c2ccc(C)cc2)no1. The number of aryl methyl sites for hydroxylation is 1. The van der Waals surface area contributed by atoms with E-state index in [0.717, 1.165) is 23.7 Å². The normalized spacial score (nSPS) is 11.1. The van der Waals surface area contributed by atoms with E-state index >= 15 is 0 Å². The third-order valence-corrected chi connectivity index (χ3v) is 4.44. The molecule has 0 fully saturated rings. The minimum Gasteiger partial charge on any atom is -0.388 e. The molecule has 1 aromatic carbocycles. The predicted octanol–water partition coefficient (Wildman–Crippen LogP) is 2.83. The van der Waals surface area contributed by atoms with Crippen LogP contribution in [0.3, 0.4) is 0 Å². The number of hydrogen-bond donors (Lipinski definition) is 1. The molecule has 7 nitrogen and oxygen atoms in total. The molecule has 0 spiro atoms. The van der Waals surface area contributed by atoms with Crippen LogP contribution in [-0.4, -0.2) is 30.0 Å². The van der Waals surface area contributed by atoms with Gasteiger partial charge in [0.05, 0.1) is 5.75 Å². The van der Waals surface area contributed by atoms with Crippen molar-refractivity contribution in [1.29, 1.82) is 0 Å². The summed E-state index contributed by atoms with van der Waals surface area (Å²) >= 11 is 1.47. The summed E-state index contributed by atoms with van der Waals surface area (Å²) in [6.45, 7) is 4.76. The van der Waals surface area contributed by atoms with Crippen molar-refractivity contribution in [3.63, 3.8) is 0 Å². The Hall–Kier alpha value is -2.19. The molecule has 0 saturated carbocycles. The second-order valence-electron chi connectivity index (χ2n) is 5.37. The van der Waals surface area contributed by atoms with Crippen LogP contribution in [0.15, 0.2) is 33.9 Å². The van der Waals surface area contributed by atoms with Crippen LogP contribution in [0.1, 0.15) is 30.6 Å². The number of rotatable bonds is 7. The highest BCUT2D eigenvalue weighted by Gasteiger charge is 2.14. The second kappa shape index (κ2) is 7.59. The average Bonchev–Trinajstić information content (AvgIpc) is 3.21. The van der Waals surface area contributed by atoms with Gasteiger partial charge in [0.1, 0.15) is 6.61 Å². The highest BCUT2D eigenvalue weighted by molar-refractivity contribution is 7.98. The first-order chi connectivity index (χ1) is 11.7. The first-order valence-corrected chi connectivity index (χ1v) is 8.75. The van der Waals surface area contributed by atoms with Crippen LogP contribution in [0.4, 0.5) is 0 Å². The smallest absolute Gasteiger partial charge is 0.237 e. The maximum Gasteiger partial charge on any atom is 0.237 e. The molecule has 0 aliphatic heterocycles. The van der Waals surface area contributed by atoms with Crippen molar-refractivity contribution in [2.75, 3.05) is 0 Å².